The summed E-state index contributed by atoms with van der Waals surface area (Å²) in [5.74, 6) is 4.34. The lowest BCUT2D eigenvalue weighted by molar-refractivity contribution is -0.137. The van der Waals surface area contributed by atoms with Gasteiger partial charge in [0.15, 0.2) is 0 Å². The maximum Gasteiger partial charge on any atom is 0.305 e. The highest BCUT2D eigenvalue weighted by Crippen LogP contribution is 2.26. The SMILES string of the molecule is CN1C(=O)CN(CCC(=O)O)C(=O)c2cc(C#CCCCN)ccc21. The molecular formula is C18H21N3O4. The molecule has 0 aliphatic carbocycles. The van der Waals surface area contributed by atoms with Gasteiger partial charge in [0.05, 0.1) is 17.7 Å². The summed E-state index contributed by atoms with van der Waals surface area (Å²) in [6.45, 7) is 0.414. The Morgan fingerprint density at radius 2 is 2.12 bits per heavy atom. The molecule has 7 heteroatoms. The second-order valence-electron chi connectivity index (χ2n) is 5.75. The van der Waals surface area contributed by atoms with E-state index in [1.165, 1.54) is 9.80 Å². The highest BCUT2D eigenvalue weighted by Gasteiger charge is 2.29. The number of hydrogen-bond donors (Lipinski definition) is 2. The number of nitrogens with two attached hydrogens (primary N) is 1. The Morgan fingerprint density at radius 3 is 2.80 bits per heavy atom. The van der Waals surface area contributed by atoms with Crippen molar-refractivity contribution in [2.75, 3.05) is 31.6 Å². The van der Waals surface area contributed by atoms with E-state index in [-0.39, 0.29) is 31.3 Å². The molecule has 0 saturated carbocycles. The van der Waals surface area contributed by atoms with Crippen LogP contribution in [0.5, 0.6) is 0 Å². The number of aliphatic carboxylic acids is 1. The van der Waals surface area contributed by atoms with Crippen molar-refractivity contribution in [3.05, 3.63) is 29.3 Å². The van der Waals surface area contributed by atoms with Gasteiger partial charge in [-0.15, -0.1) is 0 Å². The van der Waals surface area contributed by atoms with Gasteiger partial charge in [0.2, 0.25) is 5.91 Å². The molecule has 1 aromatic rings. The van der Waals surface area contributed by atoms with Crippen LogP contribution in [-0.2, 0) is 9.59 Å². The van der Waals surface area contributed by atoms with Crippen LogP contribution in [0.3, 0.4) is 0 Å². The minimum Gasteiger partial charge on any atom is -0.481 e. The molecule has 0 radical (unpaired) electrons. The topological polar surface area (TPSA) is 104 Å². The molecule has 1 aliphatic rings. The van der Waals surface area contributed by atoms with Gasteiger partial charge in [-0.3, -0.25) is 14.4 Å². The summed E-state index contributed by atoms with van der Waals surface area (Å²) >= 11 is 0. The van der Waals surface area contributed by atoms with E-state index in [9.17, 15) is 14.4 Å². The van der Waals surface area contributed by atoms with E-state index in [1.54, 1.807) is 25.2 Å². The van der Waals surface area contributed by atoms with Crippen LogP contribution in [0.4, 0.5) is 5.69 Å². The van der Waals surface area contributed by atoms with Gasteiger partial charge in [-0.2, -0.15) is 0 Å². The number of hydrogen-bond acceptors (Lipinski definition) is 4. The number of fused-ring (bicyclic) bond motifs is 1. The number of likely N-dealkylation sites (N-methyl/N-ethyl adjacent to an activating group) is 1. The summed E-state index contributed by atoms with van der Waals surface area (Å²) in [6, 6.07) is 5.10. The molecule has 1 aromatic carbocycles. The lowest BCUT2D eigenvalue weighted by Gasteiger charge is -2.18. The van der Waals surface area contributed by atoms with Crippen molar-refractivity contribution in [2.24, 2.45) is 5.73 Å². The fourth-order valence-corrected chi connectivity index (χ4v) is 2.49. The van der Waals surface area contributed by atoms with Gasteiger partial charge in [0, 0.05) is 25.6 Å². The lowest BCUT2D eigenvalue weighted by Crippen LogP contribution is -2.38. The molecule has 0 saturated heterocycles. The van der Waals surface area contributed by atoms with Crippen LogP contribution in [0.2, 0.25) is 0 Å². The van der Waals surface area contributed by atoms with E-state index < -0.39 is 5.97 Å². The summed E-state index contributed by atoms with van der Waals surface area (Å²) in [4.78, 5) is 38.5. The first-order valence-corrected chi connectivity index (χ1v) is 8.04. The molecule has 0 bridgehead atoms. The van der Waals surface area contributed by atoms with Crippen molar-refractivity contribution in [3.8, 4) is 11.8 Å². The number of carboxylic acid groups (broad SMARTS) is 1. The number of unbranched alkanes of at least 4 members (excludes halogenated alkanes) is 1. The van der Waals surface area contributed by atoms with Gasteiger partial charge in [0.25, 0.3) is 5.91 Å². The smallest absolute Gasteiger partial charge is 0.305 e. The molecule has 0 fully saturated rings. The van der Waals surface area contributed by atoms with E-state index in [2.05, 4.69) is 11.8 Å². The summed E-state index contributed by atoms with van der Waals surface area (Å²) in [5, 5.41) is 8.84. The maximum atomic E-state index is 12.8. The maximum absolute atomic E-state index is 12.8. The Balaban J connectivity index is 2.33. The third-order valence-electron chi connectivity index (χ3n) is 3.91. The van der Waals surface area contributed by atoms with Gasteiger partial charge in [-0.1, -0.05) is 11.8 Å². The minimum atomic E-state index is -1.02. The van der Waals surface area contributed by atoms with Gasteiger partial charge in [-0.25, -0.2) is 0 Å². The molecule has 2 rings (SSSR count). The van der Waals surface area contributed by atoms with Crippen molar-refractivity contribution in [2.45, 2.75) is 19.3 Å². The van der Waals surface area contributed by atoms with E-state index in [4.69, 9.17) is 10.8 Å². The fraction of sp³-hybridized carbons (Fsp3) is 0.389. The van der Waals surface area contributed by atoms with Crippen molar-refractivity contribution in [3.63, 3.8) is 0 Å². The van der Waals surface area contributed by atoms with E-state index in [0.29, 0.717) is 29.8 Å². The van der Waals surface area contributed by atoms with Crippen LogP contribution < -0.4 is 10.6 Å². The zero-order valence-electron chi connectivity index (χ0n) is 14.1. The largest absolute Gasteiger partial charge is 0.481 e. The highest BCUT2D eigenvalue weighted by molar-refractivity contribution is 6.09. The summed E-state index contributed by atoms with van der Waals surface area (Å²) in [7, 11) is 1.60. The molecule has 1 aliphatic heterocycles. The molecule has 0 spiro atoms. The molecule has 3 N–H and O–H groups in total. The van der Waals surface area contributed by atoms with Crippen LogP contribution in [0.1, 0.15) is 35.2 Å². The first kappa shape index (κ1) is 18.5. The average molecular weight is 343 g/mol. The first-order valence-electron chi connectivity index (χ1n) is 8.04. The predicted octanol–water partition coefficient (Wildman–Crippen LogP) is 0.670. The second kappa shape index (κ2) is 8.31. The Kier molecular flexibility index (Phi) is 6.14. The predicted molar refractivity (Wildman–Crippen MR) is 93.2 cm³/mol. The van der Waals surface area contributed by atoms with Gasteiger partial charge >= 0.3 is 5.97 Å². The minimum absolute atomic E-state index is 0.0143. The Bertz CT molecular complexity index is 748. The number of carbonyl (C=O) groups is 3. The van der Waals surface area contributed by atoms with Crippen molar-refractivity contribution >= 4 is 23.5 Å². The van der Waals surface area contributed by atoms with Crippen LogP contribution in [-0.4, -0.2) is 54.5 Å². The molecular weight excluding hydrogens is 322 g/mol. The molecule has 132 valence electrons. The Labute approximate surface area is 146 Å². The molecule has 1 heterocycles. The Hall–Kier alpha value is -2.85. The van der Waals surface area contributed by atoms with Crippen LogP contribution in [0.25, 0.3) is 0 Å². The van der Waals surface area contributed by atoms with Gasteiger partial charge in [-0.05, 0) is 31.2 Å². The van der Waals surface area contributed by atoms with Crippen LogP contribution in [0.15, 0.2) is 18.2 Å². The molecule has 25 heavy (non-hydrogen) atoms. The Morgan fingerprint density at radius 1 is 1.36 bits per heavy atom. The van der Waals surface area contributed by atoms with E-state index in [1.807, 2.05) is 0 Å². The lowest BCUT2D eigenvalue weighted by atomic mass is 10.1. The van der Waals surface area contributed by atoms with Crippen LogP contribution in [0, 0.1) is 11.8 Å². The normalized spacial score (nSPS) is 13.8. The average Bonchev–Trinajstić information content (AvgIpc) is 2.68. The van der Waals surface area contributed by atoms with Gasteiger partial charge in [0.1, 0.15) is 6.54 Å². The number of benzene rings is 1. The quantitative estimate of drug-likeness (QED) is 0.604. The number of nitrogens with zero attached hydrogens (tertiary/aromatic N) is 2. The number of carboxylic acids is 1. The highest BCUT2D eigenvalue weighted by atomic mass is 16.4. The number of amides is 2. The van der Waals surface area contributed by atoms with E-state index in [0.717, 1.165) is 6.42 Å². The first-order chi connectivity index (χ1) is 11.9. The number of rotatable bonds is 5. The zero-order chi connectivity index (χ0) is 18.4. The molecule has 0 aromatic heterocycles. The van der Waals surface area contributed by atoms with Crippen molar-refractivity contribution in [1.29, 1.82) is 0 Å². The number of carbonyl (C=O) groups excluding carboxylic acids is 2. The summed E-state index contributed by atoms with van der Waals surface area (Å²) < 4.78 is 0. The summed E-state index contributed by atoms with van der Waals surface area (Å²) in [6.07, 6.45) is 1.26. The third kappa shape index (κ3) is 4.58. The fourth-order valence-electron chi connectivity index (χ4n) is 2.49. The van der Waals surface area contributed by atoms with Gasteiger partial charge < -0.3 is 20.6 Å². The third-order valence-corrected chi connectivity index (χ3v) is 3.91. The summed E-state index contributed by atoms with van der Waals surface area (Å²) in [5.41, 5.74) is 6.95. The van der Waals surface area contributed by atoms with Crippen molar-refractivity contribution < 1.29 is 19.5 Å². The molecule has 7 nitrogen and oxygen atoms in total. The van der Waals surface area contributed by atoms with Crippen LogP contribution >= 0.6 is 0 Å². The van der Waals surface area contributed by atoms with E-state index >= 15 is 0 Å². The zero-order valence-corrected chi connectivity index (χ0v) is 14.1. The molecule has 2 amide bonds. The molecule has 0 unspecified atom stereocenters. The molecule has 0 atom stereocenters. The number of anilines is 1. The monoisotopic (exact) mass is 343 g/mol. The van der Waals surface area contributed by atoms with Crippen molar-refractivity contribution in [1.82, 2.24) is 4.90 Å². The standard InChI is InChI=1S/C18H21N3O4/c1-20-15-7-6-13(5-3-2-4-9-19)11-14(15)18(25)21(12-16(20)22)10-8-17(23)24/h6-7,11H,2,4,8-10,12,19H2,1H3,(H,23,24). The second-order valence-corrected chi connectivity index (χ2v) is 5.75.